The third-order valence-electron chi connectivity index (χ3n) is 2.09. The van der Waals surface area contributed by atoms with Gasteiger partial charge in [0, 0.05) is 28.9 Å². The average Bonchev–Trinajstić information content (AvgIpc) is 2.64. The number of hydrogen-bond donors (Lipinski definition) is 1. The maximum atomic E-state index is 5.53. The van der Waals surface area contributed by atoms with Gasteiger partial charge in [-0.2, -0.15) is 0 Å². The van der Waals surface area contributed by atoms with Crippen molar-refractivity contribution in [3.63, 3.8) is 0 Å². The molecule has 2 rings (SSSR count). The van der Waals surface area contributed by atoms with E-state index in [4.69, 9.17) is 5.73 Å². The molecule has 0 saturated heterocycles. The van der Waals surface area contributed by atoms with E-state index in [1.807, 2.05) is 31.4 Å². The number of pyridine rings is 1. The maximum absolute atomic E-state index is 5.53. The van der Waals surface area contributed by atoms with Crippen LogP contribution in [0.5, 0.6) is 0 Å². The van der Waals surface area contributed by atoms with Crippen LogP contribution in [0.25, 0.3) is 10.6 Å². The molecule has 0 bridgehead atoms. The lowest BCUT2D eigenvalue weighted by Crippen LogP contribution is -1.96. The van der Waals surface area contributed by atoms with Gasteiger partial charge in [-0.05, 0) is 26.0 Å². The molecule has 0 aliphatic rings. The number of aryl methyl sites for hydroxylation is 2. The minimum Gasteiger partial charge on any atom is -0.325 e. The van der Waals surface area contributed by atoms with Crippen molar-refractivity contribution in [1.29, 1.82) is 0 Å². The summed E-state index contributed by atoms with van der Waals surface area (Å²) in [7, 11) is 0. The van der Waals surface area contributed by atoms with Gasteiger partial charge in [-0.3, -0.25) is 4.98 Å². The molecule has 4 heteroatoms. The number of thiazole rings is 1. The summed E-state index contributed by atoms with van der Waals surface area (Å²) >= 11 is 1.63. The van der Waals surface area contributed by atoms with Crippen molar-refractivity contribution in [2.45, 2.75) is 20.4 Å². The smallest absolute Gasteiger partial charge is 0.123 e. The second kappa shape index (κ2) is 4.08. The lowest BCUT2D eigenvalue weighted by molar-refractivity contribution is 1.01. The van der Waals surface area contributed by atoms with E-state index in [0.717, 1.165) is 27.7 Å². The zero-order chi connectivity index (χ0) is 10.8. The van der Waals surface area contributed by atoms with Crippen LogP contribution in [0.1, 0.15) is 17.1 Å². The lowest BCUT2D eigenvalue weighted by atomic mass is 10.2. The van der Waals surface area contributed by atoms with E-state index in [1.165, 1.54) is 0 Å². The average molecular weight is 219 g/mol. The van der Waals surface area contributed by atoms with Gasteiger partial charge in [0.25, 0.3) is 0 Å². The minimum atomic E-state index is 0.500. The van der Waals surface area contributed by atoms with Crippen molar-refractivity contribution in [1.82, 2.24) is 9.97 Å². The molecule has 3 nitrogen and oxygen atoms in total. The molecule has 2 aromatic rings. The monoisotopic (exact) mass is 219 g/mol. The zero-order valence-electron chi connectivity index (χ0n) is 8.82. The molecule has 0 aromatic carbocycles. The van der Waals surface area contributed by atoms with Crippen molar-refractivity contribution in [2.75, 3.05) is 0 Å². The fourth-order valence-electron chi connectivity index (χ4n) is 1.49. The van der Waals surface area contributed by atoms with Crippen LogP contribution in [-0.4, -0.2) is 9.97 Å². The summed E-state index contributed by atoms with van der Waals surface area (Å²) in [6, 6.07) is 4.10. The third-order valence-corrected chi connectivity index (χ3v) is 3.03. The maximum Gasteiger partial charge on any atom is 0.123 e. The molecule has 0 saturated carbocycles. The predicted octanol–water partition coefficient (Wildman–Crippen LogP) is 2.28. The highest BCUT2D eigenvalue weighted by atomic mass is 32.1. The van der Waals surface area contributed by atoms with E-state index in [0.29, 0.717) is 6.54 Å². The molecule has 15 heavy (non-hydrogen) atoms. The standard InChI is InChI=1S/C11H13N3S/c1-7-3-9(4-8(2)13-7)11-14-10(5-12)6-15-11/h3-4,6H,5,12H2,1-2H3. The van der Waals surface area contributed by atoms with Crippen molar-refractivity contribution in [2.24, 2.45) is 5.73 Å². The molecule has 2 heterocycles. The second-order valence-electron chi connectivity index (χ2n) is 3.49. The largest absolute Gasteiger partial charge is 0.325 e. The van der Waals surface area contributed by atoms with Crippen molar-refractivity contribution < 1.29 is 0 Å². The highest BCUT2D eigenvalue weighted by Crippen LogP contribution is 2.24. The van der Waals surface area contributed by atoms with Gasteiger partial charge in [0.05, 0.1) is 5.69 Å². The highest BCUT2D eigenvalue weighted by Gasteiger charge is 2.05. The first-order valence-corrected chi connectivity index (χ1v) is 5.67. The van der Waals surface area contributed by atoms with Gasteiger partial charge in [-0.15, -0.1) is 11.3 Å². The molecule has 78 valence electrons. The van der Waals surface area contributed by atoms with Gasteiger partial charge >= 0.3 is 0 Å². The van der Waals surface area contributed by atoms with Crippen LogP contribution in [0.4, 0.5) is 0 Å². The van der Waals surface area contributed by atoms with Gasteiger partial charge in [0.15, 0.2) is 0 Å². The van der Waals surface area contributed by atoms with Crippen LogP contribution < -0.4 is 5.73 Å². The Balaban J connectivity index is 2.44. The second-order valence-corrected chi connectivity index (χ2v) is 4.34. The Morgan fingerprint density at radius 2 is 1.87 bits per heavy atom. The predicted molar refractivity (Wildman–Crippen MR) is 62.7 cm³/mol. The molecule has 0 aliphatic carbocycles. The fraction of sp³-hybridized carbons (Fsp3) is 0.273. The summed E-state index contributed by atoms with van der Waals surface area (Å²) in [6.45, 7) is 4.49. The first kappa shape index (κ1) is 10.3. The van der Waals surface area contributed by atoms with Gasteiger partial charge in [-0.25, -0.2) is 4.98 Å². The Labute approximate surface area is 93.0 Å². The number of hydrogen-bond acceptors (Lipinski definition) is 4. The molecule has 2 N–H and O–H groups in total. The van der Waals surface area contributed by atoms with Gasteiger partial charge in [0.2, 0.25) is 0 Å². The van der Waals surface area contributed by atoms with Crippen LogP contribution in [-0.2, 0) is 6.54 Å². The van der Waals surface area contributed by atoms with E-state index in [-0.39, 0.29) is 0 Å². The number of rotatable bonds is 2. The van der Waals surface area contributed by atoms with Crippen LogP contribution in [0.2, 0.25) is 0 Å². The van der Waals surface area contributed by atoms with Crippen LogP contribution >= 0.6 is 11.3 Å². The van der Waals surface area contributed by atoms with Gasteiger partial charge in [0.1, 0.15) is 5.01 Å². The van der Waals surface area contributed by atoms with E-state index in [9.17, 15) is 0 Å². The Kier molecular flexibility index (Phi) is 2.79. The van der Waals surface area contributed by atoms with E-state index in [2.05, 4.69) is 9.97 Å². The van der Waals surface area contributed by atoms with Crippen LogP contribution in [0.3, 0.4) is 0 Å². The summed E-state index contributed by atoms with van der Waals surface area (Å²) in [5.41, 5.74) is 9.65. The quantitative estimate of drug-likeness (QED) is 0.843. The minimum absolute atomic E-state index is 0.500. The van der Waals surface area contributed by atoms with Crippen molar-refractivity contribution in [3.8, 4) is 10.6 Å². The molecular weight excluding hydrogens is 206 g/mol. The number of aromatic nitrogens is 2. The van der Waals surface area contributed by atoms with Crippen LogP contribution in [0.15, 0.2) is 17.5 Å². The summed E-state index contributed by atoms with van der Waals surface area (Å²) in [5, 5.41) is 3.02. The molecular formula is C11H13N3S. The summed E-state index contributed by atoms with van der Waals surface area (Å²) in [5.74, 6) is 0. The number of nitrogens with two attached hydrogens (primary N) is 1. The van der Waals surface area contributed by atoms with Crippen molar-refractivity contribution in [3.05, 3.63) is 34.6 Å². The summed E-state index contributed by atoms with van der Waals surface area (Å²) in [4.78, 5) is 8.79. The summed E-state index contributed by atoms with van der Waals surface area (Å²) in [6.07, 6.45) is 0. The molecule has 2 aromatic heterocycles. The fourth-order valence-corrected chi connectivity index (χ4v) is 2.31. The molecule has 0 amide bonds. The van der Waals surface area contributed by atoms with Gasteiger partial charge < -0.3 is 5.73 Å². The summed E-state index contributed by atoms with van der Waals surface area (Å²) < 4.78 is 0. The number of nitrogens with zero attached hydrogens (tertiary/aromatic N) is 2. The molecule has 0 atom stereocenters. The Morgan fingerprint density at radius 3 is 2.40 bits per heavy atom. The Morgan fingerprint density at radius 1 is 1.20 bits per heavy atom. The SMILES string of the molecule is Cc1cc(-c2nc(CN)cs2)cc(C)n1. The van der Waals surface area contributed by atoms with E-state index < -0.39 is 0 Å². The molecule has 0 aliphatic heterocycles. The van der Waals surface area contributed by atoms with Crippen molar-refractivity contribution >= 4 is 11.3 Å². The Bertz CT molecular complexity index is 456. The highest BCUT2D eigenvalue weighted by molar-refractivity contribution is 7.13. The Hall–Kier alpha value is -1.26. The molecule has 0 spiro atoms. The first-order chi connectivity index (χ1) is 7.19. The molecule has 0 unspecified atom stereocenters. The lowest BCUT2D eigenvalue weighted by Gasteiger charge is -2.00. The third kappa shape index (κ3) is 2.22. The van der Waals surface area contributed by atoms with Gasteiger partial charge in [-0.1, -0.05) is 0 Å². The molecule has 0 fully saturated rings. The van der Waals surface area contributed by atoms with E-state index >= 15 is 0 Å². The van der Waals surface area contributed by atoms with E-state index in [1.54, 1.807) is 11.3 Å². The van der Waals surface area contributed by atoms with Crippen LogP contribution in [0, 0.1) is 13.8 Å². The topological polar surface area (TPSA) is 51.8 Å². The zero-order valence-corrected chi connectivity index (χ0v) is 9.64. The normalized spacial score (nSPS) is 10.6. The molecule has 0 radical (unpaired) electrons. The first-order valence-electron chi connectivity index (χ1n) is 4.79.